The molecule has 0 spiro atoms. The summed E-state index contributed by atoms with van der Waals surface area (Å²) < 4.78 is 5.25. The number of aliphatic hydroxyl groups is 1. The van der Waals surface area contributed by atoms with Crippen LogP contribution in [0.3, 0.4) is 0 Å². The van der Waals surface area contributed by atoms with Crippen LogP contribution in [0.5, 0.6) is 5.75 Å². The predicted molar refractivity (Wildman–Crippen MR) is 107 cm³/mol. The van der Waals surface area contributed by atoms with Gasteiger partial charge in [-0.25, -0.2) is 0 Å². The van der Waals surface area contributed by atoms with Crippen molar-refractivity contribution in [3.63, 3.8) is 0 Å². The van der Waals surface area contributed by atoms with E-state index in [0.717, 1.165) is 48.3 Å². The average Bonchev–Trinajstić information content (AvgIpc) is 2.66. The molecule has 1 aliphatic carbocycles. The molecule has 3 nitrogen and oxygen atoms in total. The van der Waals surface area contributed by atoms with Crippen LogP contribution >= 0.6 is 0 Å². The molecule has 2 atom stereocenters. The molecule has 2 aromatic carbocycles. The highest BCUT2D eigenvalue weighted by Gasteiger charge is 2.43. The summed E-state index contributed by atoms with van der Waals surface area (Å²) in [5.41, 5.74) is 2.27. The molecule has 3 heteroatoms. The molecule has 0 amide bonds. The summed E-state index contributed by atoms with van der Waals surface area (Å²) >= 11 is 0. The first-order valence-corrected chi connectivity index (χ1v) is 9.31. The first-order valence-electron chi connectivity index (χ1n) is 9.31. The first kappa shape index (κ1) is 18.7. The Morgan fingerprint density at radius 1 is 1.12 bits per heavy atom. The summed E-state index contributed by atoms with van der Waals surface area (Å²) in [5, 5.41) is 12.0. The van der Waals surface area contributed by atoms with Crippen LogP contribution in [-0.4, -0.2) is 37.8 Å². The van der Waals surface area contributed by atoms with Crippen LogP contribution < -0.4 is 4.74 Å². The van der Waals surface area contributed by atoms with E-state index in [9.17, 15) is 5.11 Å². The minimum Gasteiger partial charge on any atom is -0.497 e. The molecule has 1 N–H and O–H groups in total. The Balaban J connectivity index is 2.04. The molecule has 0 saturated heterocycles. The van der Waals surface area contributed by atoms with E-state index in [2.05, 4.69) is 37.2 Å². The molecule has 1 saturated carbocycles. The summed E-state index contributed by atoms with van der Waals surface area (Å²) in [6, 6.07) is 18.2. The van der Waals surface area contributed by atoms with Crippen molar-refractivity contribution < 1.29 is 9.84 Å². The van der Waals surface area contributed by atoms with Crippen LogP contribution in [0.2, 0.25) is 0 Å². The van der Waals surface area contributed by atoms with Crippen LogP contribution in [0.1, 0.15) is 30.4 Å². The molecular formula is C23H29NO2. The highest BCUT2D eigenvalue weighted by atomic mass is 16.5. The van der Waals surface area contributed by atoms with Crippen molar-refractivity contribution in [2.45, 2.75) is 24.9 Å². The SMILES string of the molecule is COc1ccc(C=C2CCCC(CN(C)C)C2(O)c2ccccc2)cc1. The van der Waals surface area contributed by atoms with Gasteiger partial charge in [0.2, 0.25) is 0 Å². The second-order valence-corrected chi connectivity index (χ2v) is 7.43. The van der Waals surface area contributed by atoms with Gasteiger partial charge in [-0.2, -0.15) is 0 Å². The summed E-state index contributed by atoms with van der Waals surface area (Å²) in [4.78, 5) is 2.18. The Bertz CT molecular complexity index is 737. The zero-order valence-electron chi connectivity index (χ0n) is 16.0. The zero-order chi connectivity index (χ0) is 18.6. The number of benzene rings is 2. The molecule has 0 bridgehead atoms. The summed E-state index contributed by atoms with van der Waals surface area (Å²) in [6.07, 6.45) is 5.22. The molecule has 26 heavy (non-hydrogen) atoms. The van der Waals surface area contributed by atoms with E-state index in [0.29, 0.717) is 0 Å². The van der Waals surface area contributed by atoms with Crippen molar-refractivity contribution in [2.75, 3.05) is 27.7 Å². The Morgan fingerprint density at radius 3 is 2.42 bits per heavy atom. The van der Waals surface area contributed by atoms with Gasteiger partial charge in [-0.1, -0.05) is 48.5 Å². The second-order valence-electron chi connectivity index (χ2n) is 7.43. The third-order valence-electron chi connectivity index (χ3n) is 5.34. The number of hydrogen-bond acceptors (Lipinski definition) is 3. The van der Waals surface area contributed by atoms with Crippen LogP contribution in [0, 0.1) is 5.92 Å². The number of nitrogens with zero attached hydrogens (tertiary/aromatic N) is 1. The summed E-state index contributed by atoms with van der Waals surface area (Å²) in [5.74, 6) is 1.03. The fourth-order valence-electron chi connectivity index (χ4n) is 4.06. The van der Waals surface area contributed by atoms with E-state index in [1.165, 1.54) is 0 Å². The number of hydrogen-bond donors (Lipinski definition) is 1. The topological polar surface area (TPSA) is 32.7 Å². The maximum atomic E-state index is 12.0. The van der Waals surface area contributed by atoms with E-state index < -0.39 is 5.60 Å². The standard InChI is InChI=1S/C23H29NO2/c1-24(2)17-21-11-7-10-20(16-18-12-14-22(26-3)15-13-18)23(21,25)19-8-5-4-6-9-19/h4-6,8-9,12-16,21,25H,7,10-11,17H2,1-3H3. The monoisotopic (exact) mass is 351 g/mol. The molecule has 0 aromatic heterocycles. The maximum absolute atomic E-state index is 12.0. The normalized spacial score (nSPS) is 24.8. The van der Waals surface area contributed by atoms with Gasteiger partial charge in [-0.05, 0) is 62.2 Å². The van der Waals surface area contributed by atoms with Gasteiger partial charge in [-0.3, -0.25) is 0 Å². The molecule has 2 aromatic rings. The number of methoxy groups -OCH3 is 1. The summed E-state index contributed by atoms with van der Waals surface area (Å²) in [6.45, 7) is 0.866. The highest BCUT2D eigenvalue weighted by molar-refractivity contribution is 5.58. The van der Waals surface area contributed by atoms with Crippen molar-refractivity contribution in [3.05, 3.63) is 71.3 Å². The van der Waals surface area contributed by atoms with E-state index in [1.54, 1.807) is 7.11 Å². The molecule has 0 heterocycles. The number of ether oxygens (including phenoxy) is 1. The molecule has 1 fully saturated rings. The zero-order valence-corrected chi connectivity index (χ0v) is 16.0. The second kappa shape index (κ2) is 8.07. The molecule has 0 radical (unpaired) electrons. The summed E-state index contributed by atoms with van der Waals surface area (Å²) in [7, 11) is 5.83. The Labute approximate surface area is 156 Å². The molecular weight excluding hydrogens is 322 g/mol. The van der Waals surface area contributed by atoms with Gasteiger partial charge < -0.3 is 14.7 Å². The minimum absolute atomic E-state index is 0.179. The van der Waals surface area contributed by atoms with Crippen LogP contribution in [0.25, 0.3) is 6.08 Å². The van der Waals surface area contributed by atoms with Gasteiger partial charge in [0.05, 0.1) is 7.11 Å². The van der Waals surface area contributed by atoms with Gasteiger partial charge in [0.15, 0.2) is 0 Å². The van der Waals surface area contributed by atoms with Crippen molar-refractivity contribution in [2.24, 2.45) is 5.92 Å². The molecule has 2 unspecified atom stereocenters. The van der Waals surface area contributed by atoms with E-state index in [1.807, 2.05) is 42.5 Å². The maximum Gasteiger partial charge on any atom is 0.118 e. The average molecular weight is 351 g/mol. The fraction of sp³-hybridized carbons (Fsp3) is 0.391. The van der Waals surface area contributed by atoms with E-state index >= 15 is 0 Å². The predicted octanol–water partition coefficient (Wildman–Crippen LogP) is 4.33. The Morgan fingerprint density at radius 2 is 1.81 bits per heavy atom. The minimum atomic E-state index is -0.927. The van der Waals surface area contributed by atoms with Crippen molar-refractivity contribution in [1.82, 2.24) is 4.90 Å². The van der Waals surface area contributed by atoms with Crippen LogP contribution in [0.15, 0.2) is 60.2 Å². The number of rotatable bonds is 5. The largest absolute Gasteiger partial charge is 0.497 e. The lowest BCUT2D eigenvalue weighted by Gasteiger charge is -2.44. The van der Waals surface area contributed by atoms with E-state index in [4.69, 9.17) is 4.74 Å². The molecule has 1 aliphatic rings. The molecule has 0 aliphatic heterocycles. The van der Waals surface area contributed by atoms with E-state index in [-0.39, 0.29) is 5.92 Å². The lowest BCUT2D eigenvalue weighted by atomic mass is 9.67. The first-order chi connectivity index (χ1) is 12.5. The third kappa shape index (κ3) is 3.84. The fourth-order valence-corrected chi connectivity index (χ4v) is 4.06. The van der Waals surface area contributed by atoms with Gasteiger partial charge in [0.25, 0.3) is 0 Å². The smallest absolute Gasteiger partial charge is 0.118 e. The van der Waals surface area contributed by atoms with Crippen LogP contribution in [0.4, 0.5) is 0 Å². The van der Waals surface area contributed by atoms with Crippen molar-refractivity contribution in [3.8, 4) is 5.75 Å². The molecule has 3 rings (SSSR count). The van der Waals surface area contributed by atoms with Crippen LogP contribution in [-0.2, 0) is 5.60 Å². The Kier molecular flexibility index (Phi) is 5.80. The molecule has 138 valence electrons. The van der Waals surface area contributed by atoms with Gasteiger partial charge >= 0.3 is 0 Å². The quantitative estimate of drug-likeness (QED) is 0.870. The Hall–Kier alpha value is -2.10. The van der Waals surface area contributed by atoms with Gasteiger partial charge in [0, 0.05) is 12.5 Å². The van der Waals surface area contributed by atoms with Crippen molar-refractivity contribution in [1.29, 1.82) is 0 Å². The van der Waals surface area contributed by atoms with Gasteiger partial charge in [-0.15, -0.1) is 0 Å². The van der Waals surface area contributed by atoms with Gasteiger partial charge in [0.1, 0.15) is 11.4 Å². The highest BCUT2D eigenvalue weighted by Crippen LogP contribution is 2.46. The lowest BCUT2D eigenvalue weighted by molar-refractivity contribution is -0.0174. The lowest BCUT2D eigenvalue weighted by Crippen LogP contribution is -2.44. The van der Waals surface area contributed by atoms with Crippen molar-refractivity contribution >= 4 is 6.08 Å². The third-order valence-corrected chi connectivity index (χ3v) is 5.34.